The van der Waals surface area contributed by atoms with E-state index in [0.29, 0.717) is 12.2 Å². The lowest BCUT2D eigenvalue weighted by Crippen LogP contribution is -1.96. The van der Waals surface area contributed by atoms with Crippen LogP contribution in [0.2, 0.25) is 0 Å². The molecule has 0 amide bonds. The molecule has 5 nitrogen and oxygen atoms in total. The molecule has 0 aliphatic heterocycles. The van der Waals surface area contributed by atoms with Crippen molar-refractivity contribution in [3.05, 3.63) is 66.0 Å². The Morgan fingerprint density at radius 3 is 2.75 bits per heavy atom. The van der Waals surface area contributed by atoms with Gasteiger partial charge in [0.15, 0.2) is 5.76 Å². The normalized spacial score (nSPS) is 13.6. The first-order valence-electron chi connectivity index (χ1n) is 9.68. The standard InChI is InChI=1S/C23H25NO4/c1-2-3-4-5-15-27-20-13-11-17(12-14-20)21-16-22(28-24-21)18-7-6-8-19(10-9-18)23(25)26/h6,8-14,16H,2-5,7,15H2,1H3,(H,25,26). The van der Waals surface area contributed by atoms with E-state index < -0.39 is 5.97 Å². The number of rotatable bonds is 9. The molecule has 0 unspecified atom stereocenters. The van der Waals surface area contributed by atoms with Crippen molar-refractivity contribution in [1.29, 1.82) is 0 Å². The number of carbonyl (C=O) groups is 1. The van der Waals surface area contributed by atoms with Crippen LogP contribution >= 0.6 is 0 Å². The number of carboxylic acid groups (broad SMARTS) is 1. The molecule has 0 radical (unpaired) electrons. The average molecular weight is 379 g/mol. The lowest BCUT2D eigenvalue weighted by atomic mass is 10.1. The van der Waals surface area contributed by atoms with Gasteiger partial charge in [-0.3, -0.25) is 0 Å². The van der Waals surface area contributed by atoms with Gasteiger partial charge in [0, 0.05) is 17.2 Å². The third-order valence-electron chi connectivity index (χ3n) is 4.59. The summed E-state index contributed by atoms with van der Waals surface area (Å²) in [5, 5.41) is 13.2. The highest BCUT2D eigenvalue weighted by Gasteiger charge is 2.12. The Labute approximate surface area is 165 Å². The molecule has 0 saturated heterocycles. The van der Waals surface area contributed by atoms with Crippen molar-refractivity contribution in [3.63, 3.8) is 0 Å². The van der Waals surface area contributed by atoms with Crippen LogP contribution in [0.4, 0.5) is 0 Å². The van der Waals surface area contributed by atoms with Crippen LogP contribution in [0.5, 0.6) is 5.75 Å². The number of benzene rings is 1. The maximum atomic E-state index is 11.1. The van der Waals surface area contributed by atoms with Crippen molar-refractivity contribution in [2.75, 3.05) is 6.61 Å². The number of ether oxygens (including phenoxy) is 1. The summed E-state index contributed by atoms with van der Waals surface area (Å²) in [5.74, 6) is 0.547. The monoisotopic (exact) mass is 379 g/mol. The zero-order valence-corrected chi connectivity index (χ0v) is 16.1. The van der Waals surface area contributed by atoms with Crippen LogP contribution in [-0.2, 0) is 4.79 Å². The second kappa shape index (κ2) is 9.74. The third kappa shape index (κ3) is 5.22. The summed E-state index contributed by atoms with van der Waals surface area (Å²) >= 11 is 0. The molecular formula is C23H25NO4. The minimum absolute atomic E-state index is 0.250. The molecule has 5 heteroatoms. The fraction of sp³-hybridized carbons (Fsp3) is 0.304. The van der Waals surface area contributed by atoms with E-state index >= 15 is 0 Å². The molecule has 0 bridgehead atoms. The molecule has 0 fully saturated rings. The van der Waals surface area contributed by atoms with E-state index in [1.807, 2.05) is 36.4 Å². The third-order valence-corrected chi connectivity index (χ3v) is 4.59. The first-order valence-corrected chi connectivity index (χ1v) is 9.68. The second-order valence-electron chi connectivity index (χ2n) is 6.74. The molecule has 0 atom stereocenters. The summed E-state index contributed by atoms with van der Waals surface area (Å²) in [5.41, 5.74) is 2.82. The summed E-state index contributed by atoms with van der Waals surface area (Å²) in [6, 6.07) is 9.69. The van der Waals surface area contributed by atoms with E-state index in [0.717, 1.165) is 35.6 Å². The number of nitrogens with zero attached hydrogens (tertiary/aromatic N) is 1. The van der Waals surface area contributed by atoms with Gasteiger partial charge in [0.05, 0.1) is 12.2 Å². The van der Waals surface area contributed by atoms with Crippen molar-refractivity contribution < 1.29 is 19.2 Å². The lowest BCUT2D eigenvalue weighted by Gasteiger charge is -2.06. The lowest BCUT2D eigenvalue weighted by molar-refractivity contribution is -0.132. The highest BCUT2D eigenvalue weighted by atomic mass is 16.5. The van der Waals surface area contributed by atoms with Crippen LogP contribution in [-0.4, -0.2) is 22.8 Å². The number of hydrogen-bond donors (Lipinski definition) is 1. The van der Waals surface area contributed by atoms with E-state index in [-0.39, 0.29) is 5.57 Å². The summed E-state index contributed by atoms with van der Waals surface area (Å²) in [6.07, 6.45) is 12.1. The molecular weight excluding hydrogens is 354 g/mol. The largest absolute Gasteiger partial charge is 0.494 e. The van der Waals surface area contributed by atoms with Gasteiger partial charge < -0.3 is 14.4 Å². The van der Waals surface area contributed by atoms with Crippen LogP contribution in [0.1, 0.15) is 44.8 Å². The highest BCUT2D eigenvalue weighted by molar-refractivity contribution is 5.91. The van der Waals surface area contributed by atoms with E-state index in [1.54, 1.807) is 18.2 Å². The number of aliphatic carboxylic acids is 1. The molecule has 0 saturated carbocycles. The van der Waals surface area contributed by atoms with Crippen molar-refractivity contribution >= 4 is 11.5 Å². The Morgan fingerprint density at radius 2 is 2.00 bits per heavy atom. The van der Waals surface area contributed by atoms with Gasteiger partial charge in [-0.2, -0.15) is 0 Å². The summed E-state index contributed by atoms with van der Waals surface area (Å²) in [6.45, 7) is 2.93. The van der Waals surface area contributed by atoms with Gasteiger partial charge in [-0.1, -0.05) is 49.6 Å². The maximum Gasteiger partial charge on any atom is 0.335 e. The number of aromatic nitrogens is 1. The molecule has 1 aromatic carbocycles. The van der Waals surface area contributed by atoms with Gasteiger partial charge in [-0.15, -0.1) is 0 Å². The van der Waals surface area contributed by atoms with Gasteiger partial charge in [0.25, 0.3) is 0 Å². The molecule has 1 aliphatic carbocycles. The van der Waals surface area contributed by atoms with E-state index in [4.69, 9.17) is 14.4 Å². The van der Waals surface area contributed by atoms with Crippen molar-refractivity contribution in [3.8, 4) is 17.0 Å². The Morgan fingerprint density at radius 1 is 1.18 bits per heavy atom. The maximum absolute atomic E-state index is 11.1. The minimum Gasteiger partial charge on any atom is -0.494 e. The Bertz CT molecular complexity index is 888. The van der Waals surface area contributed by atoms with Gasteiger partial charge in [0.1, 0.15) is 11.4 Å². The smallest absolute Gasteiger partial charge is 0.335 e. The summed E-state index contributed by atoms with van der Waals surface area (Å²) in [4.78, 5) is 11.1. The predicted molar refractivity (Wildman–Crippen MR) is 109 cm³/mol. The fourth-order valence-electron chi connectivity index (χ4n) is 2.96. The first-order chi connectivity index (χ1) is 13.7. The zero-order valence-electron chi connectivity index (χ0n) is 16.1. The molecule has 0 spiro atoms. The minimum atomic E-state index is -0.945. The zero-order chi connectivity index (χ0) is 19.8. The van der Waals surface area contributed by atoms with Crippen LogP contribution in [0.15, 0.2) is 64.7 Å². The van der Waals surface area contributed by atoms with Crippen LogP contribution < -0.4 is 4.74 Å². The summed E-state index contributed by atoms with van der Waals surface area (Å²) < 4.78 is 11.3. The quantitative estimate of drug-likeness (QED) is 0.570. The molecule has 1 N–H and O–H groups in total. The molecule has 2 aromatic rings. The predicted octanol–water partition coefficient (Wildman–Crippen LogP) is 5.66. The van der Waals surface area contributed by atoms with E-state index in [2.05, 4.69) is 12.1 Å². The second-order valence-corrected chi connectivity index (χ2v) is 6.74. The van der Waals surface area contributed by atoms with Crippen molar-refractivity contribution in [2.24, 2.45) is 0 Å². The number of hydrogen-bond acceptors (Lipinski definition) is 4. The van der Waals surface area contributed by atoms with E-state index in [1.165, 1.54) is 19.3 Å². The number of allylic oxidation sites excluding steroid dienone is 4. The highest BCUT2D eigenvalue weighted by Crippen LogP contribution is 2.28. The van der Waals surface area contributed by atoms with E-state index in [9.17, 15) is 4.79 Å². The van der Waals surface area contributed by atoms with Crippen LogP contribution in [0.25, 0.3) is 16.8 Å². The Kier molecular flexibility index (Phi) is 6.84. The first kappa shape index (κ1) is 19.7. The number of carboxylic acids is 1. The molecule has 146 valence electrons. The average Bonchev–Trinajstić information content (AvgIpc) is 3.05. The Balaban J connectivity index is 1.64. The fourth-order valence-corrected chi connectivity index (χ4v) is 2.96. The Hall–Kier alpha value is -3.08. The van der Waals surface area contributed by atoms with Crippen molar-refractivity contribution in [1.82, 2.24) is 5.16 Å². The number of unbranched alkanes of at least 4 members (excludes halogenated alkanes) is 3. The van der Waals surface area contributed by atoms with Crippen LogP contribution in [0.3, 0.4) is 0 Å². The molecule has 1 heterocycles. The SMILES string of the molecule is CCCCCCOc1ccc(-c2cc(C3=CC=C(C(=O)O)C=CC3)on2)cc1. The van der Waals surface area contributed by atoms with Gasteiger partial charge >= 0.3 is 5.97 Å². The molecule has 3 rings (SSSR count). The molecule has 1 aromatic heterocycles. The van der Waals surface area contributed by atoms with Gasteiger partial charge in [-0.25, -0.2) is 4.79 Å². The van der Waals surface area contributed by atoms with Crippen LogP contribution in [0, 0.1) is 0 Å². The summed E-state index contributed by atoms with van der Waals surface area (Å²) in [7, 11) is 0. The molecule has 1 aliphatic rings. The van der Waals surface area contributed by atoms with Gasteiger partial charge in [0.2, 0.25) is 0 Å². The molecule has 28 heavy (non-hydrogen) atoms. The van der Waals surface area contributed by atoms with Crippen molar-refractivity contribution in [2.45, 2.75) is 39.0 Å². The van der Waals surface area contributed by atoms with Gasteiger partial charge in [-0.05, 0) is 43.2 Å². The topological polar surface area (TPSA) is 72.6 Å².